The molecule has 2 heteroatoms. The van der Waals surface area contributed by atoms with Gasteiger partial charge in [0.25, 0.3) is 0 Å². The Hall–Kier alpha value is -0.790. The molecule has 0 aromatic carbocycles. The Morgan fingerprint density at radius 1 is 1.39 bits per heavy atom. The highest BCUT2D eigenvalue weighted by atomic mass is 16.5. The Bertz CT molecular complexity index is 369. The molecule has 2 fully saturated rings. The van der Waals surface area contributed by atoms with Gasteiger partial charge < -0.3 is 4.74 Å². The Morgan fingerprint density at radius 2 is 2.06 bits per heavy atom. The molecule has 3 atom stereocenters. The van der Waals surface area contributed by atoms with Crippen LogP contribution in [0.15, 0.2) is 12.2 Å². The number of esters is 1. The minimum absolute atomic E-state index is 0.0901. The van der Waals surface area contributed by atoms with Gasteiger partial charge in [0, 0.05) is 11.0 Å². The first-order valence-corrected chi connectivity index (χ1v) is 7.21. The first-order chi connectivity index (χ1) is 8.33. The number of hydrogen-bond acceptors (Lipinski definition) is 2. The smallest absolute Gasteiger partial charge is 0.333 e. The lowest BCUT2D eigenvalue weighted by molar-refractivity contribution is -0.152. The van der Waals surface area contributed by atoms with Crippen molar-refractivity contribution in [1.29, 1.82) is 0 Å². The van der Waals surface area contributed by atoms with E-state index in [4.69, 9.17) is 4.74 Å². The van der Waals surface area contributed by atoms with Crippen LogP contribution >= 0.6 is 0 Å². The summed E-state index contributed by atoms with van der Waals surface area (Å²) in [6, 6.07) is 0. The molecule has 0 aromatic heterocycles. The van der Waals surface area contributed by atoms with Gasteiger partial charge in [-0.25, -0.2) is 4.79 Å². The van der Waals surface area contributed by atoms with Crippen LogP contribution in [0.4, 0.5) is 0 Å². The van der Waals surface area contributed by atoms with Crippen molar-refractivity contribution in [2.24, 2.45) is 16.7 Å². The van der Waals surface area contributed by atoms with Gasteiger partial charge in [-0.15, -0.1) is 0 Å². The molecule has 2 nitrogen and oxygen atoms in total. The first kappa shape index (κ1) is 13.6. The highest BCUT2D eigenvalue weighted by Crippen LogP contribution is 2.66. The second-order valence-electron chi connectivity index (χ2n) is 6.86. The zero-order valence-corrected chi connectivity index (χ0v) is 12.2. The molecular formula is C16H26O2. The summed E-state index contributed by atoms with van der Waals surface area (Å²) < 4.78 is 5.76. The normalized spacial score (nSPS) is 36.7. The Labute approximate surface area is 111 Å². The molecule has 0 N–H and O–H groups in total. The maximum absolute atomic E-state index is 12.0. The Morgan fingerprint density at radius 3 is 2.50 bits per heavy atom. The molecule has 0 aliphatic heterocycles. The van der Waals surface area contributed by atoms with E-state index >= 15 is 0 Å². The van der Waals surface area contributed by atoms with Crippen LogP contribution < -0.4 is 0 Å². The fraction of sp³-hybridized carbons (Fsp3) is 0.812. The molecule has 3 unspecified atom stereocenters. The molecule has 0 spiro atoms. The molecule has 102 valence electrons. The van der Waals surface area contributed by atoms with Crippen LogP contribution in [0.1, 0.15) is 59.8 Å². The zero-order chi connectivity index (χ0) is 13.6. The number of carbonyl (C=O) groups is 1. The number of fused-ring (bicyclic) bond motifs is 2. The second-order valence-corrected chi connectivity index (χ2v) is 6.86. The lowest BCUT2D eigenvalue weighted by Crippen LogP contribution is -2.38. The SMILES string of the molecule is C=C(CCC)C(=O)OC1CC2CCC1(C)C2(C)C. The summed E-state index contributed by atoms with van der Waals surface area (Å²) in [4.78, 5) is 12.0. The van der Waals surface area contributed by atoms with Gasteiger partial charge in [0.1, 0.15) is 6.10 Å². The van der Waals surface area contributed by atoms with Gasteiger partial charge >= 0.3 is 5.97 Å². The first-order valence-electron chi connectivity index (χ1n) is 7.21. The van der Waals surface area contributed by atoms with Crippen LogP contribution in [0.25, 0.3) is 0 Å². The van der Waals surface area contributed by atoms with Crippen LogP contribution in [0.3, 0.4) is 0 Å². The van der Waals surface area contributed by atoms with Crippen molar-refractivity contribution in [3.8, 4) is 0 Å². The maximum Gasteiger partial charge on any atom is 0.333 e. The number of rotatable bonds is 4. The van der Waals surface area contributed by atoms with E-state index in [1.54, 1.807) is 0 Å². The fourth-order valence-corrected chi connectivity index (χ4v) is 3.92. The number of carbonyl (C=O) groups excluding carboxylic acids is 1. The van der Waals surface area contributed by atoms with Crippen LogP contribution in [-0.4, -0.2) is 12.1 Å². The molecule has 0 amide bonds. The van der Waals surface area contributed by atoms with Gasteiger partial charge in [0.05, 0.1) is 0 Å². The Kier molecular flexibility index (Phi) is 3.33. The van der Waals surface area contributed by atoms with Crippen LogP contribution in [0, 0.1) is 16.7 Å². The van der Waals surface area contributed by atoms with Crippen molar-refractivity contribution in [3.05, 3.63) is 12.2 Å². The predicted molar refractivity (Wildman–Crippen MR) is 73.2 cm³/mol. The topological polar surface area (TPSA) is 26.3 Å². The molecule has 2 rings (SSSR count). The number of hydrogen-bond donors (Lipinski definition) is 0. The molecule has 0 radical (unpaired) electrons. The minimum atomic E-state index is -0.175. The van der Waals surface area contributed by atoms with Crippen molar-refractivity contribution >= 4 is 5.97 Å². The van der Waals surface area contributed by atoms with E-state index in [0.29, 0.717) is 16.9 Å². The quantitative estimate of drug-likeness (QED) is 0.554. The summed E-state index contributed by atoms with van der Waals surface area (Å²) in [6.45, 7) is 12.8. The van der Waals surface area contributed by atoms with Gasteiger partial charge in [0.15, 0.2) is 0 Å². The van der Waals surface area contributed by atoms with Crippen molar-refractivity contribution in [3.63, 3.8) is 0 Å². The standard InChI is InChI=1S/C16H26O2/c1-6-7-11(2)14(17)18-13-10-12-8-9-16(13,5)15(12,3)4/h12-13H,2,6-10H2,1,3-5H3. The molecule has 2 aliphatic carbocycles. The molecule has 2 aliphatic rings. The van der Waals surface area contributed by atoms with E-state index in [0.717, 1.165) is 19.3 Å². The summed E-state index contributed by atoms with van der Waals surface area (Å²) in [5.74, 6) is 0.533. The van der Waals surface area contributed by atoms with Crippen LogP contribution in [0.2, 0.25) is 0 Å². The summed E-state index contributed by atoms with van der Waals surface area (Å²) in [7, 11) is 0. The molecule has 0 heterocycles. The van der Waals surface area contributed by atoms with Gasteiger partial charge in [-0.2, -0.15) is 0 Å². The third kappa shape index (κ3) is 1.81. The highest BCUT2D eigenvalue weighted by Gasteiger charge is 2.62. The lowest BCUT2D eigenvalue weighted by Gasteiger charge is -2.38. The molecule has 2 bridgehead atoms. The van der Waals surface area contributed by atoms with Gasteiger partial charge in [-0.1, -0.05) is 40.7 Å². The average Bonchev–Trinajstić information content (AvgIpc) is 2.62. The summed E-state index contributed by atoms with van der Waals surface area (Å²) in [5, 5.41) is 0. The zero-order valence-electron chi connectivity index (χ0n) is 12.2. The Balaban J connectivity index is 2.05. The van der Waals surface area contributed by atoms with Crippen molar-refractivity contribution < 1.29 is 9.53 Å². The van der Waals surface area contributed by atoms with Crippen LogP contribution in [-0.2, 0) is 9.53 Å². The second kappa shape index (κ2) is 4.40. The van der Waals surface area contributed by atoms with Crippen molar-refractivity contribution in [2.75, 3.05) is 0 Å². The number of ether oxygens (including phenoxy) is 1. The third-order valence-electron chi connectivity index (χ3n) is 5.80. The van der Waals surface area contributed by atoms with Crippen molar-refractivity contribution in [1.82, 2.24) is 0 Å². The van der Waals surface area contributed by atoms with E-state index in [9.17, 15) is 4.79 Å². The molecule has 0 aromatic rings. The summed E-state index contributed by atoms with van der Waals surface area (Å²) in [6.07, 6.45) is 5.29. The highest BCUT2D eigenvalue weighted by molar-refractivity contribution is 5.87. The van der Waals surface area contributed by atoms with Crippen molar-refractivity contribution in [2.45, 2.75) is 65.9 Å². The monoisotopic (exact) mass is 250 g/mol. The van der Waals surface area contributed by atoms with Crippen LogP contribution in [0.5, 0.6) is 0 Å². The molecule has 2 saturated carbocycles. The van der Waals surface area contributed by atoms with Gasteiger partial charge in [-0.3, -0.25) is 0 Å². The fourth-order valence-electron chi connectivity index (χ4n) is 3.92. The van der Waals surface area contributed by atoms with E-state index < -0.39 is 0 Å². The minimum Gasteiger partial charge on any atom is -0.458 e. The van der Waals surface area contributed by atoms with E-state index in [2.05, 4.69) is 34.3 Å². The van der Waals surface area contributed by atoms with E-state index in [1.165, 1.54) is 12.8 Å². The molecule has 0 saturated heterocycles. The summed E-state index contributed by atoms with van der Waals surface area (Å²) in [5.41, 5.74) is 1.07. The largest absolute Gasteiger partial charge is 0.458 e. The third-order valence-corrected chi connectivity index (χ3v) is 5.80. The van der Waals surface area contributed by atoms with Gasteiger partial charge in [-0.05, 0) is 37.0 Å². The lowest BCUT2D eigenvalue weighted by atomic mass is 9.70. The van der Waals surface area contributed by atoms with E-state index in [-0.39, 0.29) is 17.5 Å². The average molecular weight is 250 g/mol. The predicted octanol–water partition coefficient (Wildman–Crippen LogP) is 4.10. The molecular weight excluding hydrogens is 224 g/mol. The van der Waals surface area contributed by atoms with Gasteiger partial charge in [0.2, 0.25) is 0 Å². The summed E-state index contributed by atoms with van der Waals surface area (Å²) >= 11 is 0. The maximum atomic E-state index is 12.0. The van der Waals surface area contributed by atoms with E-state index in [1.807, 2.05) is 0 Å². The molecule has 18 heavy (non-hydrogen) atoms.